The lowest BCUT2D eigenvalue weighted by molar-refractivity contribution is -0.384. The minimum atomic E-state index is -1.22. The van der Waals surface area contributed by atoms with Crippen LogP contribution in [0.4, 0.5) is 5.69 Å². The van der Waals surface area contributed by atoms with E-state index in [1.165, 1.54) is 25.1 Å². The summed E-state index contributed by atoms with van der Waals surface area (Å²) in [6, 6.07) is 3.39. The van der Waals surface area contributed by atoms with Crippen LogP contribution in [0.3, 0.4) is 0 Å². The maximum absolute atomic E-state index is 12.0. The molecule has 26 heavy (non-hydrogen) atoms. The van der Waals surface area contributed by atoms with E-state index in [1.54, 1.807) is 13.0 Å². The van der Waals surface area contributed by atoms with Crippen molar-refractivity contribution in [2.24, 2.45) is 0 Å². The predicted molar refractivity (Wildman–Crippen MR) is 90.1 cm³/mol. The number of esters is 1. The minimum absolute atomic E-state index is 0.0979. The number of carbonyl (C=O) groups is 3. The van der Waals surface area contributed by atoms with Crippen molar-refractivity contribution in [3.63, 3.8) is 0 Å². The molecular weight excluding hydrogens is 346 g/mol. The lowest BCUT2D eigenvalue weighted by Gasteiger charge is -2.18. The molecule has 2 amide bonds. The second kappa shape index (κ2) is 10.1. The van der Waals surface area contributed by atoms with Crippen molar-refractivity contribution < 1.29 is 29.2 Å². The van der Waals surface area contributed by atoms with Crippen LogP contribution in [0.15, 0.2) is 24.3 Å². The van der Waals surface area contributed by atoms with E-state index in [-0.39, 0.29) is 18.7 Å². The first-order valence-electron chi connectivity index (χ1n) is 7.89. The first kappa shape index (κ1) is 21.0. The first-order valence-corrected chi connectivity index (χ1v) is 7.89. The van der Waals surface area contributed by atoms with Gasteiger partial charge in [-0.1, -0.05) is 12.1 Å². The van der Waals surface area contributed by atoms with Gasteiger partial charge in [0, 0.05) is 12.1 Å². The number of nitrogens with zero attached hydrogens (tertiary/aromatic N) is 1. The summed E-state index contributed by atoms with van der Waals surface area (Å²) in [5.74, 6) is -1.98. The number of amides is 2. The molecule has 0 aromatic heterocycles. The summed E-state index contributed by atoms with van der Waals surface area (Å²) >= 11 is 0. The molecule has 1 rings (SSSR count). The Morgan fingerprint density at radius 3 is 2.58 bits per heavy atom. The lowest BCUT2D eigenvalue weighted by Crippen LogP contribution is -2.52. The van der Waals surface area contributed by atoms with Crippen LogP contribution in [0, 0.1) is 10.1 Å². The monoisotopic (exact) mass is 367 g/mol. The predicted octanol–water partition coefficient (Wildman–Crippen LogP) is -0.318. The normalized spacial score (nSPS) is 12.6. The molecule has 0 fully saturated rings. The van der Waals surface area contributed by atoms with Crippen molar-refractivity contribution in [3.05, 3.63) is 39.9 Å². The van der Waals surface area contributed by atoms with Crippen LogP contribution < -0.4 is 10.6 Å². The molecule has 1 aromatic rings. The van der Waals surface area contributed by atoms with Crippen LogP contribution in [-0.2, 0) is 25.5 Å². The molecule has 0 unspecified atom stereocenters. The molecule has 3 N–H and O–H groups in total. The van der Waals surface area contributed by atoms with E-state index in [4.69, 9.17) is 9.84 Å². The maximum atomic E-state index is 12.0. The van der Waals surface area contributed by atoms with Crippen molar-refractivity contribution in [3.8, 4) is 0 Å². The zero-order valence-electron chi connectivity index (χ0n) is 14.4. The molecule has 0 saturated heterocycles. The summed E-state index contributed by atoms with van der Waals surface area (Å²) in [6.45, 7) is 2.45. The topological polar surface area (TPSA) is 148 Å². The summed E-state index contributed by atoms with van der Waals surface area (Å²) < 4.78 is 4.71. The Morgan fingerprint density at radius 1 is 1.31 bits per heavy atom. The summed E-state index contributed by atoms with van der Waals surface area (Å²) in [5, 5.41) is 24.6. The van der Waals surface area contributed by atoms with Crippen LogP contribution in [0.25, 0.3) is 0 Å². The number of carbonyl (C=O) groups excluding carboxylic acids is 3. The number of nitro groups is 1. The van der Waals surface area contributed by atoms with E-state index < -0.39 is 41.4 Å². The highest BCUT2D eigenvalue weighted by Crippen LogP contribution is 2.13. The number of hydrogen-bond donors (Lipinski definition) is 3. The number of aliphatic hydroxyl groups is 1. The van der Waals surface area contributed by atoms with E-state index in [0.29, 0.717) is 5.56 Å². The van der Waals surface area contributed by atoms with E-state index in [9.17, 15) is 24.5 Å². The van der Waals surface area contributed by atoms with Crippen molar-refractivity contribution in [2.75, 3.05) is 13.2 Å². The SMILES string of the molecule is CCOC(=O)[C@H](CO)NC(=O)[C@H](C)NC(=O)Cc1cccc([N+](=O)[O-])c1. The summed E-state index contributed by atoms with van der Waals surface area (Å²) in [5.41, 5.74) is 0.283. The number of nitro benzene ring substituents is 1. The highest BCUT2D eigenvalue weighted by Gasteiger charge is 2.24. The van der Waals surface area contributed by atoms with Crippen molar-refractivity contribution >= 4 is 23.5 Å². The molecule has 0 bridgehead atoms. The van der Waals surface area contributed by atoms with Crippen LogP contribution in [0.5, 0.6) is 0 Å². The smallest absolute Gasteiger partial charge is 0.331 e. The molecular formula is C16H21N3O7. The van der Waals surface area contributed by atoms with E-state index in [2.05, 4.69) is 10.6 Å². The van der Waals surface area contributed by atoms with Gasteiger partial charge in [-0.3, -0.25) is 19.7 Å². The summed E-state index contributed by atoms with van der Waals surface area (Å²) in [7, 11) is 0. The number of ether oxygens (including phenoxy) is 1. The molecule has 0 aliphatic rings. The van der Waals surface area contributed by atoms with Crippen molar-refractivity contribution in [1.82, 2.24) is 10.6 Å². The lowest BCUT2D eigenvalue weighted by atomic mass is 10.1. The minimum Gasteiger partial charge on any atom is -0.464 e. The fourth-order valence-corrected chi connectivity index (χ4v) is 2.04. The van der Waals surface area contributed by atoms with Gasteiger partial charge in [0.25, 0.3) is 5.69 Å². The molecule has 0 heterocycles. The maximum Gasteiger partial charge on any atom is 0.331 e. The van der Waals surface area contributed by atoms with Gasteiger partial charge < -0.3 is 20.5 Å². The standard InChI is InChI=1S/C16H21N3O7/c1-3-26-16(23)13(9-20)18-15(22)10(2)17-14(21)8-11-5-4-6-12(7-11)19(24)25/h4-7,10,13,20H,3,8-9H2,1-2H3,(H,17,21)(H,18,22)/t10-,13-/m0/s1. The van der Waals surface area contributed by atoms with Gasteiger partial charge in [-0.15, -0.1) is 0 Å². The second-order valence-corrected chi connectivity index (χ2v) is 5.39. The fraction of sp³-hybridized carbons (Fsp3) is 0.438. The molecule has 0 aliphatic carbocycles. The zero-order chi connectivity index (χ0) is 19.7. The Balaban J connectivity index is 2.60. The average molecular weight is 367 g/mol. The van der Waals surface area contributed by atoms with E-state index in [0.717, 1.165) is 0 Å². The van der Waals surface area contributed by atoms with Gasteiger partial charge in [0.15, 0.2) is 6.04 Å². The number of nitrogens with one attached hydrogen (secondary N) is 2. The Kier molecular flexibility index (Phi) is 8.16. The van der Waals surface area contributed by atoms with Gasteiger partial charge in [-0.2, -0.15) is 0 Å². The number of hydrogen-bond acceptors (Lipinski definition) is 7. The van der Waals surface area contributed by atoms with Gasteiger partial charge in [0.2, 0.25) is 11.8 Å². The Hall–Kier alpha value is -3.01. The average Bonchev–Trinajstić information content (AvgIpc) is 2.59. The van der Waals surface area contributed by atoms with Crippen LogP contribution >= 0.6 is 0 Å². The quantitative estimate of drug-likeness (QED) is 0.308. The zero-order valence-corrected chi connectivity index (χ0v) is 14.4. The highest BCUT2D eigenvalue weighted by molar-refractivity contribution is 5.91. The molecule has 0 saturated carbocycles. The highest BCUT2D eigenvalue weighted by atomic mass is 16.6. The Bertz CT molecular complexity index is 678. The van der Waals surface area contributed by atoms with E-state index >= 15 is 0 Å². The molecule has 2 atom stereocenters. The van der Waals surface area contributed by atoms with Gasteiger partial charge in [0.05, 0.1) is 24.6 Å². The van der Waals surface area contributed by atoms with Gasteiger partial charge in [-0.25, -0.2) is 4.79 Å². The molecule has 142 valence electrons. The molecule has 0 radical (unpaired) electrons. The van der Waals surface area contributed by atoms with Gasteiger partial charge in [-0.05, 0) is 19.4 Å². The first-order chi connectivity index (χ1) is 12.3. The van der Waals surface area contributed by atoms with Crippen molar-refractivity contribution in [2.45, 2.75) is 32.4 Å². The van der Waals surface area contributed by atoms with E-state index in [1.807, 2.05) is 0 Å². The summed E-state index contributed by atoms with van der Waals surface area (Å²) in [4.78, 5) is 45.7. The summed E-state index contributed by atoms with van der Waals surface area (Å²) in [6.07, 6.45) is -0.152. The molecule has 0 spiro atoms. The molecule has 10 nitrogen and oxygen atoms in total. The Morgan fingerprint density at radius 2 is 2.00 bits per heavy atom. The molecule has 1 aromatic carbocycles. The number of rotatable bonds is 9. The van der Waals surface area contributed by atoms with Gasteiger partial charge in [0.1, 0.15) is 6.04 Å². The van der Waals surface area contributed by atoms with Crippen molar-refractivity contribution in [1.29, 1.82) is 0 Å². The second-order valence-electron chi connectivity index (χ2n) is 5.39. The fourth-order valence-electron chi connectivity index (χ4n) is 2.04. The number of non-ortho nitro benzene ring substituents is 1. The van der Waals surface area contributed by atoms with Gasteiger partial charge >= 0.3 is 5.97 Å². The number of aliphatic hydroxyl groups excluding tert-OH is 1. The third kappa shape index (κ3) is 6.48. The molecule has 10 heteroatoms. The largest absolute Gasteiger partial charge is 0.464 e. The van der Waals surface area contributed by atoms with Crippen LogP contribution in [0.1, 0.15) is 19.4 Å². The van der Waals surface area contributed by atoms with Crippen LogP contribution in [0.2, 0.25) is 0 Å². The Labute approximate surface area is 149 Å². The number of benzene rings is 1. The third-order valence-electron chi connectivity index (χ3n) is 3.33. The molecule has 0 aliphatic heterocycles. The van der Waals surface area contributed by atoms with Crippen LogP contribution in [-0.4, -0.2) is 53.1 Å². The third-order valence-corrected chi connectivity index (χ3v) is 3.33.